The van der Waals surface area contributed by atoms with Crippen LogP contribution >= 0.6 is 7.26 Å². The van der Waals surface area contributed by atoms with Crippen molar-refractivity contribution in [3.8, 4) is 0 Å². The molecule has 0 aliphatic carbocycles. The summed E-state index contributed by atoms with van der Waals surface area (Å²) in [6, 6.07) is 15.4. The first-order valence-corrected chi connectivity index (χ1v) is 16.1. The molecule has 186 valence electrons. The summed E-state index contributed by atoms with van der Waals surface area (Å²) >= 11 is 0. The normalized spacial score (nSPS) is 12.2. The number of allylic oxidation sites excluding steroid dienone is 2. The molecule has 0 aliphatic heterocycles. The molecule has 0 fully saturated rings. The third-order valence-electron chi connectivity index (χ3n) is 5.26. The number of hydrogen-bond acceptors (Lipinski definition) is 9. The first kappa shape index (κ1) is 38.6. The van der Waals surface area contributed by atoms with Crippen LogP contribution in [0.15, 0.2) is 99.6 Å². The van der Waals surface area contributed by atoms with Gasteiger partial charge in [-0.2, -0.15) is 0 Å². The van der Waals surface area contributed by atoms with E-state index in [2.05, 4.69) is 0 Å². The summed E-state index contributed by atoms with van der Waals surface area (Å²) in [5.74, 6) is 0. The Morgan fingerprint density at radius 2 is 0.895 bits per heavy atom. The minimum Gasteiger partial charge on any atom is -0.744 e. The van der Waals surface area contributed by atoms with Crippen molar-refractivity contribution in [3.63, 3.8) is 0 Å². The van der Waals surface area contributed by atoms with E-state index in [1.54, 1.807) is 19.1 Å². The summed E-state index contributed by atoms with van der Waals surface area (Å²) in [5.41, 5.74) is 0. The van der Waals surface area contributed by atoms with Gasteiger partial charge < -0.3 is 13.7 Å². The summed E-state index contributed by atoms with van der Waals surface area (Å²) < 4.78 is 106. The smallest absolute Gasteiger partial charge is 0.744 e. The van der Waals surface area contributed by atoms with Crippen LogP contribution in [0.4, 0.5) is 0 Å². The maximum Gasteiger partial charge on any atom is 1.00 e. The molecule has 38 heavy (non-hydrogen) atoms. The van der Waals surface area contributed by atoms with E-state index < -0.39 is 52.3 Å². The minimum absolute atomic E-state index is 0. The van der Waals surface area contributed by atoms with E-state index in [4.69, 9.17) is 0 Å². The Bertz CT molecular complexity index is 1440. The van der Waals surface area contributed by atoms with Crippen LogP contribution < -0.4 is 105 Å². The van der Waals surface area contributed by atoms with Gasteiger partial charge in [0.05, 0.1) is 20.8 Å². The molecule has 3 rings (SSSR count). The second-order valence-electron chi connectivity index (χ2n) is 7.42. The molecule has 3 aromatic rings. The van der Waals surface area contributed by atoms with Crippen LogP contribution in [0.2, 0.25) is 0 Å². The molecule has 0 saturated heterocycles. The molecule has 0 unspecified atom stereocenters. The quantitative estimate of drug-likeness (QED) is 0.102. The summed E-state index contributed by atoms with van der Waals surface area (Å²) in [4.78, 5) is -1.62. The topological polar surface area (TPSA) is 172 Å². The average molecular weight is 624 g/mol. The van der Waals surface area contributed by atoms with Crippen molar-refractivity contribution < 1.29 is 128 Å². The van der Waals surface area contributed by atoms with Crippen LogP contribution in [0.5, 0.6) is 0 Å². The maximum atomic E-state index is 11.8. The summed E-state index contributed by atoms with van der Waals surface area (Å²) in [7, 11) is -17.8. The molecule has 0 aliphatic rings. The minimum atomic E-state index is -4.88. The van der Waals surface area contributed by atoms with Crippen LogP contribution in [-0.2, 0) is 30.4 Å². The van der Waals surface area contributed by atoms with Gasteiger partial charge in [0.15, 0.2) is 0 Å². The van der Waals surface area contributed by atoms with Gasteiger partial charge in [-0.25, -0.2) is 25.3 Å². The molecular weight excluding hydrogens is 604 g/mol. The van der Waals surface area contributed by atoms with Crippen LogP contribution in [0, 0.1) is 0 Å². The molecule has 9 nitrogen and oxygen atoms in total. The van der Waals surface area contributed by atoms with Gasteiger partial charge >= 0.3 is 88.7 Å². The molecule has 16 heteroatoms. The van der Waals surface area contributed by atoms with Crippen LogP contribution in [-0.4, -0.2) is 45.1 Å². The predicted molar refractivity (Wildman–Crippen MR) is 129 cm³/mol. The van der Waals surface area contributed by atoms with E-state index >= 15 is 0 Å². The zero-order valence-corrected chi connectivity index (χ0v) is 30.5. The van der Waals surface area contributed by atoms with Gasteiger partial charge in [0, 0.05) is 0 Å². The monoisotopic (exact) mass is 623 g/mol. The maximum absolute atomic E-state index is 11.8. The molecule has 0 saturated carbocycles. The van der Waals surface area contributed by atoms with E-state index in [1.807, 2.05) is 0 Å². The largest absolute Gasteiger partial charge is 1.00 e. The Labute approximate surface area is 290 Å². The second-order valence-corrected chi connectivity index (χ2v) is 15.1. The third-order valence-corrected chi connectivity index (χ3v) is 12.0. The Hall–Kier alpha value is 0.560. The average Bonchev–Trinajstić information content (AvgIpc) is 2.79. The van der Waals surface area contributed by atoms with Crippen molar-refractivity contribution in [2.75, 3.05) is 6.16 Å². The van der Waals surface area contributed by atoms with Gasteiger partial charge in [-0.1, -0.05) is 30.4 Å². The standard InChI is InChI=1S/C22H21O9PS3.3Na/c1-2-3-13-32(17-7-4-10-20(14-17)33(23,24)25,18-8-5-11-21(15-18)34(26,27)28)19-9-6-12-22(16-19)35(29,30)31;;;/h2-12,14-16H,13H2,1H3,(H2-,23,24,25,26,27,28,29,30,31);;;/q;3*+1/p-2/b3-2+;;;. The molecule has 0 N–H and O–H groups in total. The van der Waals surface area contributed by atoms with Crippen LogP contribution in [0.3, 0.4) is 0 Å². The van der Waals surface area contributed by atoms with Crippen LogP contribution in [0.25, 0.3) is 0 Å². The van der Waals surface area contributed by atoms with E-state index in [-0.39, 0.29) is 94.8 Å². The Morgan fingerprint density at radius 1 is 0.605 bits per heavy atom. The zero-order chi connectivity index (χ0) is 26.1. The molecule has 0 heterocycles. The van der Waals surface area contributed by atoms with Crippen molar-refractivity contribution in [2.45, 2.75) is 21.6 Å². The molecule has 0 radical (unpaired) electrons. The fourth-order valence-electron chi connectivity index (χ4n) is 3.66. The number of rotatable bonds is 8. The first-order valence-electron chi connectivity index (χ1n) is 9.88. The van der Waals surface area contributed by atoms with Crippen molar-refractivity contribution in [1.82, 2.24) is 0 Å². The molecule has 0 amide bonds. The summed E-state index contributed by atoms with van der Waals surface area (Å²) in [5, 5.41) is 0.898. The van der Waals surface area contributed by atoms with Crippen molar-refractivity contribution >= 4 is 53.5 Å². The van der Waals surface area contributed by atoms with E-state index in [0.717, 1.165) is 36.4 Å². The Morgan fingerprint density at radius 3 is 1.13 bits per heavy atom. The van der Waals surface area contributed by atoms with Crippen LogP contribution in [0.1, 0.15) is 6.92 Å². The van der Waals surface area contributed by atoms with E-state index in [9.17, 15) is 38.9 Å². The Kier molecular flexibility index (Phi) is 15.4. The SMILES string of the molecule is C/C=C/C[P+](c1cccc(S(=O)(=O)[O-])c1)(c1cccc(S(=O)(=O)[O-])c1)c1cccc(S(=O)(=O)[O-])c1.[Na+].[Na+].[Na+]. The van der Waals surface area contributed by atoms with Crippen molar-refractivity contribution in [2.24, 2.45) is 0 Å². The number of benzene rings is 3. The van der Waals surface area contributed by atoms with Gasteiger partial charge in [0.1, 0.15) is 53.5 Å². The first-order chi connectivity index (χ1) is 16.2. The molecule has 0 aromatic heterocycles. The molecule has 0 atom stereocenters. The predicted octanol–water partition coefficient (Wildman–Crippen LogP) is -7.72. The van der Waals surface area contributed by atoms with Crippen molar-refractivity contribution in [3.05, 3.63) is 84.9 Å². The van der Waals surface area contributed by atoms with Gasteiger partial charge in [-0.3, -0.25) is 0 Å². The fourth-order valence-corrected chi connectivity index (χ4v) is 9.62. The van der Waals surface area contributed by atoms with Gasteiger partial charge in [-0.05, 0) is 61.5 Å². The van der Waals surface area contributed by atoms with Gasteiger partial charge in [0.2, 0.25) is 0 Å². The van der Waals surface area contributed by atoms with E-state index in [1.165, 1.54) is 36.4 Å². The van der Waals surface area contributed by atoms with Gasteiger partial charge in [0.25, 0.3) is 0 Å². The summed E-state index contributed by atoms with van der Waals surface area (Å²) in [6.45, 7) is 1.71. The second kappa shape index (κ2) is 15.2. The molecule has 0 bridgehead atoms. The van der Waals surface area contributed by atoms with Crippen molar-refractivity contribution in [1.29, 1.82) is 0 Å². The zero-order valence-electron chi connectivity index (χ0n) is 21.1. The summed E-state index contributed by atoms with van der Waals surface area (Å²) in [6.07, 6.45) is 3.53. The molecular formula is C22H19Na3O9PS3+. The number of hydrogen-bond donors (Lipinski definition) is 0. The van der Waals surface area contributed by atoms with E-state index in [0.29, 0.717) is 15.9 Å². The molecule has 0 spiro atoms. The molecule has 3 aromatic carbocycles. The third kappa shape index (κ3) is 9.03. The Balaban J connectivity index is 0.00000456. The van der Waals surface area contributed by atoms with Gasteiger partial charge in [-0.15, -0.1) is 0 Å². The fraction of sp³-hybridized carbons (Fsp3) is 0.0909.